The summed E-state index contributed by atoms with van der Waals surface area (Å²) in [6.07, 6.45) is -0.670. The van der Waals surface area contributed by atoms with E-state index in [9.17, 15) is 9.18 Å². The summed E-state index contributed by atoms with van der Waals surface area (Å²) in [5.41, 5.74) is 0. The molecule has 1 rings (SSSR count). The molecule has 0 unspecified atom stereocenters. The Balaban J connectivity index is 2.43. The highest BCUT2D eigenvalue weighted by Gasteiger charge is 2.31. The van der Waals surface area contributed by atoms with Gasteiger partial charge in [0.05, 0.1) is 13.2 Å². The monoisotopic (exact) mass is 176 g/mol. The topological polar surface area (TPSA) is 41.6 Å². The van der Waals surface area contributed by atoms with E-state index in [-0.39, 0.29) is 18.9 Å². The number of hydrogen-bond acceptors (Lipinski definition) is 3. The number of likely N-dealkylation sites (N-methyl/N-ethyl adjacent to an activating group) is 1. The first kappa shape index (κ1) is 9.41. The highest BCUT2D eigenvalue weighted by Crippen LogP contribution is 2.11. The number of alkyl halides is 1. The van der Waals surface area contributed by atoms with Crippen molar-refractivity contribution in [2.45, 2.75) is 18.6 Å². The maximum atomic E-state index is 12.6. The summed E-state index contributed by atoms with van der Waals surface area (Å²) in [6.45, 7) is 0.258. The Bertz CT molecular complexity index is 177. The summed E-state index contributed by atoms with van der Waals surface area (Å²) in [5.74, 6) is -0.224. The molecule has 0 aromatic heterocycles. The predicted molar refractivity (Wildman–Crippen MR) is 41.1 cm³/mol. The molecular formula is C7H13FN2O2. The normalized spacial score (nSPS) is 28.9. The van der Waals surface area contributed by atoms with Crippen LogP contribution in [-0.2, 0) is 9.63 Å². The Hall–Kier alpha value is -0.680. The van der Waals surface area contributed by atoms with Crippen molar-refractivity contribution in [2.75, 3.05) is 20.7 Å². The second kappa shape index (κ2) is 3.82. The number of amides is 1. The van der Waals surface area contributed by atoms with Crippen LogP contribution in [0.1, 0.15) is 6.42 Å². The molecule has 1 N–H and O–H groups in total. The van der Waals surface area contributed by atoms with Crippen LogP contribution in [0.15, 0.2) is 0 Å². The van der Waals surface area contributed by atoms with E-state index in [2.05, 4.69) is 10.2 Å². The van der Waals surface area contributed by atoms with Crippen molar-refractivity contribution in [3.05, 3.63) is 0 Å². The van der Waals surface area contributed by atoms with Crippen LogP contribution in [0.3, 0.4) is 0 Å². The number of carbonyl (C=O) groups excluding carboxylic acids is 1. The molecule has 2 atom stereocenters. The summed E-state index contributed by atoms with van der Waals surface area (Å²) in [5, 5.41) is 3.88. The van der Waals surface area contributed by atoms with Crippen molar-refractivity contribution in [1.82, 2.24) is 10.4 Å². The van der Waals surface area contributed by atoms with E-state index in [0.29, 0.717) is 0 Å². The first-order valence-electron chi connectivity index (χ1n) is 3.84. The number of nitrogens with zero attached hydrogens (tertiary/aromatic N) is 1. The predicted octanol–water partition coefficient (Wildman–Crippen LogP) is -0.294. The minimum absolute atomic E-state index is 0.224. The lowest BCUT2D eigenvalue weighted by Gasteiger charge is -2.17. The summed E-state index contributed by atoms with van der Waals surface area (Å²) < 4.78 is 12.6. The molecule has 0 bridgehead atoms. The Morgan fingerprint density at radius 3 is 2.83 bits per heavy atom. The van der Waals surface area contributed by atoms with Gasteiger partial charge in [-0.25, -0.2) is 9.45 Å². The van der Waals surface area contributed by atoms with Crippen molar-refractivity contribution < 1.29 is 14.0 Å². The summed E-state index contributed by atoms with van der Waals surface area (Å²) in [6, 6.07) is -0.426. The Morgan fingerprint density at radius 2 is 2.42 bits per heavy atom. The van der Waals surface area contributed by atoms with E-state index >= 15 is 0 Å². The number of hydroxylamine groups is 2. The molecule has 4 nitrogen and oxygen atoms in total. The maximum absolute atomic E-state index is 12.6. The molecule has 12 heavy (non-hydrogen) atoms. The number of halogens is 1. The first-order chi connectivity index (χ1) is 5.65. The number of hydrogen-bond donors (Lipinski definition) is 1. The van der Waals surface area contributed by atoms with E-state index < -0.39 is 12.2 Å². The molecule has 0 aromatic rings. The fourth-order valence-electron chi connectivity index (χ4n) is 1.19. The SMILES string of the molecule is CON(C)C(=O)[C@H]1C[C@H](F)CN1. The van der Waals surface area contributed by atoms with Gasteiger partial charge < -0.3 is 5.32 Å². The van der Waals surface area contributed by atoms with Gasteiger partial charge in [-0.15, -0.1) is 0 Å². The Labute approximate surface area is 70.6 Å². The molecule has 1 saturated heterocycles. The number of rotatable bonds is 2. The number of nitrogens with one attached hydrogen (secondary N) is 1. The summed E-state index contributed by atoms with van der Waals surface area (Å²) in [4.78, 5) is 16.0. The number of carbonyl (C=O) groups is 1. The lowest BCUT2D eigenvalue weighted by atomic mass is 10.2. The smallest absolute Gasteiger partial charge is 0.263 e. The second-order valence-corrected chi connectivity index (χ2v) is 2.81. The fourth-order valence-corrected chi connectivity index (χ4v) is 1.19. The molecule has 0 saturated carbocycles. The molecule has 1 fully saturated rings. The zero-order valence-corrected chi connectivity index (χ0v) is 7.21. The minimum atomic E-state index is -0.913. The van der Waals surface area contributed by atoms with Gasteiger partial charge in [0, 0.05) is 20.0 Å². The van der Waals surface area contributed by atoms with Crippen LogP contribution >= 0.6 is 0 Å². The van der Waals surface area contributed by atoms with Crippen molar-refractivity contribution in [3.8, 4) is 0 Å². The van der Waals surface area contributed by atoms with Gasteiger partial charge in [-0.05, 0) is 0 Å². The molecule has 0 spiro atoms. The fraction of sp³-hybridized carbons (Fsp3) is 0.857. The largest absolute Gasteiger partial charge is 0.303 e. The Morgan fingerprint density at radius 1 is 1.75 bits per heavy atom. The van der Waals surface area contributed by atoms with Crippen molar-refractivity contribution in [3.63, 3.8) is 0 Å². The average molecular weight is 176 g/mol. The van der Waals surface area contributed by atoms with E-state index in [0.717, 1.165) is 5.06 Å². The van der Waals surface area contributed by atoms with Gasteiger partial charge in [-0.3, -0.25) is 9.63 Å². The van der Waals surface area contributed by atoms with Crippen LogP contribution in [-0.4, -0.2) is 43.9 Å². The van der Waals surface area contributed by atoms with E-state index in [1.165, 1.54) is 14.2 Å². The summed E-state index contributed by atoms with van der Waals surface area (Å²) in [7, 11) is 2.91. The quantitative estimate of drug-likeness (QED) is 0.588. The summed E-state index contributed by atoms with van der Waals surface area (Å²) >= 11 is 0. The van der Waals surface area contributed by atoms with Crippen LogP contribution < -0.4 is 5.32 Å². The van der Waals surface area contributed by atoms with Gasteiger partial charge in [-0.1, -0.05) is 0 Å². The third kappa shape index (κ3) is 1.92. The molecule has 1 aliphatic rings. The van der Waals surface area contributed by atoms with E-state index in [1.807, 2.05) is 0 Å². The molecule has 0 aromatic carbocycles. The van der Waals surface area contributed by atoms with Crippen molar-refractivity contribution in [1.29, 1.82) is 0 Å². The van der Waals surface area contributed by atoms with Crippen LogP contribution in [0.5, 0.6) is 0 Å². The molecule has 70 valence electrons. The average Bonchev–Trinajstić information content (AvgIpc) is 2.49. The molecule has 0 aliphatic carbocycles. The third-order valence-corrected chi connectivity index (χ3v) is 1.96. The van der Waals surface area contributed by atoms with Crippen molar-refractivity contribution >= 4 is 5.91 Å². The van der Waals surface area contributed by atoms with Crippen LogP contribution in [0.2, 0.25) is 0 Å². The van der Waals surface area contributed by atoms with Gasteiger partial charge in [0.25, 0.3) is 5.91 Å². The lowest BCUT2D eigenvalue weighted by molar-refractivity contribution is -0.170. The van der Waals surface area contributed by atoms with Gasteiger partial charge in [-0.2, -0.15) is 0 Å². The maximum Gasteiger partial charge on any atom is 0.263 e. The zero-order valence-electron chi connectivity index (χ0n) is 7.21. The van der Waals surface area contributed by atoms with E-state index in [4.69, 9.17) is 0 Å². The zero-order chi connectivity index (χ0) is 9.14. The second-order valence-electron chi connectivity index (χ2n) is 2.81. The highest BCUT2D eigenvalue weighted by atomic mass is 19.1. The third-order valence-electron chi connectivity index (χ3n) is 1.96. The van der Waals surface area contributed by atoms with Crippen molar-refractivity contribution in [2.24, 2.45) is 0 Å². The Kier molecular flexibility index (Phi) is 2.99. The van der Waals surface area contributed by atoms with E-state index in [1.54, 1.807) is 0 Å². The molecule has 1 heterocycles. The lowest BCUT2D eigenvalue weighted by Crippen LogP contribution is -2.40. The van der Waals surface area contributed by atoms with Crippen LogP contribution in [0.25, 0.3) is 0 Å². The molecule has 1 aliphatic heterocycles. The minimum Gasteiger partial charge on any atom is -0.303 e. The van der Waals surface area contributed by atoms with Crippen LogP contribution in [0, 0.1) is 0 Å². The van der Waals surface area contributed by atoms with Gasteiger partial charge in [0.15, 0.2) is 0 Å². The molecule has 0 radical (unpaired) electrons. The molecular weight excluding hydrogens is 163 g/mol. The van der Waals surface area contributed by atoms with Gasteiger partial charge in [0.1, 0.15) is 6.17 Å². The van der Waals surface area contributed by atoms with Crippen LogP contribution in [0.4, 0.5) is 4.39 Å². The molecule has 5 heteroatoms. The molecule has 1 amide bonds. The van der Waals surface area contributed by atoms with Gasteiger partial charge >= 0.3 is 0 Å². The highest BCUT2D eigenvalue weighted by molar-refractivity contribution is 5.81. The first-order valence-corrected chi connectivity index (χ1v) is 3.84. The van der Waals surface area contributed by atoms with Gasteiger partial charge in [0.2, 0.25) is 0 Å². The standard InChI is InChI=1S/C7H13FN2O2/c1-10(12-2)7(11)6-3-5(8)4-9-6/h5-6,9H,3-4H2,1-2H3/t5-,6+/m0/s1.